The fourth-order valence-electron chi connectivity index (χ4n) is 2.29. The molecule has 0 spiro atoms. The van der Waals surface area contributed by atoms with Gasteiger partial charge in [0.05, 0.1) is 17.3 Å². The number of likely N-dealkylation sites (tertiary alicyclic amines) is 1. The number of carbonyl (C=O) groups excluding carboxylic acids is 1. The number of furan rings is 1. The van der Waals surface area contributed by atoms with E-state index in [0.29, 0.717) is 24.7 Å². The second-order valence-corrected chi connectivity index (χ2v) is 5.81. The molecule has 2 aromatic heterocycles. The molecular weight excluding hydrogens is 348 g/mol. The monoisotopic (exact) mass is 362 g/mol. The van der Waals surface area contributed by atoms with Crippen LogP contribution in [0.4, 0.5) is 0 Å². The number of pyridine rings is 1. The largest absolute Gasteiger partial charge is 0.472 e. The third-order valence-corrected chi connectivity index (χ3v) is 4.00. The van der Waals surface area contributed by atoms with Gasteiger partial charge in [-0.2, -0.15) is 0 Å². The SMILES string of the molecule is O=C(/C=C/c1ccco1)N1CCC(Oc2ncccc2Br)C1. The number of halogens is 1. The van der Waals surface area contributed by atoms with Crippen LogP contribution in [0.5, 0.6) is 5.88 Å². The van der Waals surface area contributed by atoms with Gasteiger partial charge in [-0.25, -0.2) is 4.98 Å². The zero-order valence-corrected chi connectivity index (χ0v) is 13.4. The minimum absolute atomic E-state index is 0.0350. The van der Waals surface area contributed by atoms with Gasteiger partial charge in [0.15, 0.2) is 0 Å². The average molecular weight is 363 g/mol. The molecule has 3 heterocycles. The maximum Gasteiger partial charge on any atom is 0.246 e. The van der Waals surface area contributed by atoms with Crippen LogP contribution < -0.4 is 4.74 Å². The van der Waals surface area contributed by atoms with Crippen LogP contribution in [-0.2, 0) is 4.79 Å². The van der Waals surface area contributed by atoms with Gasteiger partial charge >= 0.3 is 0 Å². The lowest BCUT2D eigenvalue weighted by Gasteiger charge is -2.15. The molecule has 0 aliphatic carbocycles. The quantitative estimate of drug-likeness (QED) is 0.784. The first-order valence-electron chi connectivity index (χ1n) is 7.00. The predicted molar refractivity (Wildman–Crippen MR) is 85.3 cm³/mol. The number of carbonyl (C=O) groups is 1. The standard InChI is InChI=1S/C16H15BrN2O3/c17-14-4-1-8-18-16(14)22-13-7-9-19(11-13)15(20)6-5-12-3-2-10-21-12/h1-6,8,10,13H,7,9,11H2/b6-5+. The zero-order valence-electron chi connectivity index (χ0n) is 11.8. The second-order valence-electron chi connectivity index (χ2n) is 4.95. The first kappa shape index (κ1) is 14.8. The fourth-order valence-corrected chi connectivity index (χ4v) is 2.63. The number of ether oxygens (including phenoxy) is 1. The summed E-state index contributed by atoms with van der Waals surface area (Å²) in [5.41, 5.74) is 0. The number of rotatable bonds is 4. The summed E-state index contributed by atoms with van der Waals surface area (Å²) < 4.78 is 11.8. The van der Waals surface area contributed by atoms with Gasteiger partial charge in [-0.1, -0.05) is 0 Å². The molecule has 1 amide bonds. The van der Waals surface area contributed by atoms with Crippen molar-refractivity contribution in [1.82, 2.24) is 9.88 Å². The van der Waals surface area contributed by atoms with Gasteiger partial charge in [0.1, 0.15) is 11.9 Å². The predicted octanol–water partition coefficient (Wildman–Crippen LogP) is 3.13. The lowest BCUT2D eigenvalue weighted by atomic mass is 10.3. The van der Waals surface area contributed by atoms with Gasteiger partial charge in [-0.3, -0.25) is 4.79 Å². The van der Waals surface area contributed by atoms with Crippen LogP contribution in [0.15, 0.2) is 51.7 Å². The van der Waals surface area contributed by atoms with E-state index in [1.807, 2.05) is 12.1 Å². The summed E-state index contributed by atoms with van der Waals surface area (Å²) in [7, 11) is 0. The van der Waals surface area contributed by atoms with Gasteiger partial charge in [0.2, 0.25) is 11.8 Å². The summed E-state index contributed by atoms with van der Waals surface area (Å²) in [4.78, 5) is 18.1. The van der Waals surface area contributed by atoms with E-state index in [1.165, 1.54) is 6.08 Å². The van der Waals surface area contributed by atoms with Crippen molar-refractivity contribution in [1.29, 1.82) is 0 Å². The van der Waals surface area contributed by atoms with E-state index < -0.39 is 0 Å². The summed E-state index contributed by atoms with van der Waals surface area (Å²) in [6.07, 6.45) is 7.22. The van der Waals surface area contributed by atoms with E-state index in [4.69, 9.17) is 9.15 Å². The van der Waals surface area contributed by atoms with Crippen molar-refractivity contribution in [3.8, 4) is 5.88 Å². The van der Waals surface area contributed by atoms with Gasteiger partial charge in [0.25, 0.3) is 0 Å². The van der Waals surface area contributed by atoms with Gasteiger partial charge in [-0.15, -0.1) is 0 Å². The summed E-state index contributed by atoms with van der Waals surface area (Å²) in [5.74, 6) is 1.19. The van der Waals surface area contributed by atoms with Gasteiger partial charge in [-0.05, 0) is 46.3 Å². The number of hydrogen-bond acceptors (Lipinski definition) is 4. The van der Waals surface area contributed by atoms with E-state index in [9.17, 15) is 4.79 Å². The Kier molecular flexibility index (Phi) is 4.58. The number of nitrogens with zero attached hydrogens (tertiary/aromatic N) is 2. The molecule has 114 valence electrons. The van der Waals surface area contributed by atoms with Crippen LogP contribution in [0.3, 0.4) is 0 Å². The molecule has 1 saturated heterocycles. The molecule has 0 radical (unpaired) electrons. The Balaban J connectivity index is 1.56. The van der Waals surface area contributed by atoms with E-state index in [-0.39, 0.29) is 12.0 Å². The molecule has 1 aliphatic rings. The molecule has 3 rings (SSSR count). The molecule has 0 N–H and O–H groups in total. The Bertz CT molecular complexity index is 670. The molecule has 1 atom stereocenters. The number of amides is 1. The number of aromatic nitrogens is 1. The summed E-state index contributed by atoms with van der Waals surface area (Å²) in [6.45, 7) is 1.24. The molecule has 0 aromatic carbocycles. The van der Waals surface area contributed by atoms with Crippen molar-refractivity contribution >= 4 is 27.9 Å². The van der Waals surface area contributed by atoms with Gasteiger partial charge < -0.3 is 14.1 Å². The first-order chi connectivity index (χ1) is 10.7. The Labute approximate surface area is 136 Å². The van der Waals surface area contributed by atoms with Crippen LogP contribution in [0, 0.1) is 0 Å². The Morgan fingerprint density at radius 1 is 1.45 bits per heavy atom. The van der Waals surface area contributed by atoms with Crippen molar-refractivity contribution in [3.63, 3.8) is 0 Å². The summed E-state index contributed by atoms with van der Waals surface area (Å²) in [5, 5.41) is 0. The highest BCUT2D eigenvalue weighted by atomic mass is 79.9. The van der Waals surface area contributed by atoms with Gasteiger partial charge in [0, 0.05) is 25.2 Å². The molecule has 22 heavy (non-hydrogen) atoms. The third-order valence-electron chi connectivity index (χ3n) is 3.39. The normalized spacial score (nSPS) is 18.0. The van der Waals surface area contributed by atoms with Crippen LogP contribution in [-0.4, -0.2) is 35.0 Å². The summed E-state index contributed by atoms with van der Waals surface area (Å²) >= 11 is 3.40. The summed E-state index contributed by atoms with van der Waals surface area (Å²) in [6, 6.07) is 7.31. The highest BCUT2D eigenvalue weighted by molar-refractivity contribution is 9.10. The minimum Gasteiger partial charge on any atom is -0.472 e. The molecule has 0 saturated carbocycles. The van der Waals surface area contributed by atoms with Crippen LogP contribution in [0.25, 0.3) is 6.08 Å². The Hall–Kier alpha value is -2.08. The smallest absolute Gasteiger partial charge is 0.246 e. The molecular formula is C16H15BrN2O3. The molecule has 1 fully saturated rings. The fraction of sp³-hybridized carbons (Fsp3) is 0.250. The molecule has 1 unspecified atom stereocenters. The van der Waals surface area contributed by atoms with Crippen LogP contribution >= 0.6 is 15.9 Å². The van der Waals surface area contributed by atoms with Crippen molar-refractivity contribution in [3.05, 3.63) is 53.0 Å². The Morgan fingerprint density at radius 2 is 2.36 bits per heavy atom. The lowest BCUT2D eigenvalue weighted by Crippen LogP contribution is -2.29. The molecule has 0 bridgehead atoms. The molecule has 6 heteroatoms. The lowest BCUT2D eigenvalue weighted by molar-refractivity contribution is -0.125. The van der Waals surface area contributed by atoms with Crippen molar-refractivity contribution in [2.24, 2.45) is 0 Å². The first-order valence-corrected chi connectivity index (χ1v) is 7.79. The van der Waals surface area contributed by atoms with Crippen LogP contribution in [0.2, 0.25) is 0 Å². The van der Waals surface area contributed by atoms with Crippen molar-refractivity contribution in [2.45, 2.75) is 12.5 Å². The van der Waals surface area contributed by atoms with E-state index in [1.54, 1.807) is 35.6 Å². The highest BCUT2D eigenvalue weighted by Crippen LogP contribution is 2.24. The molecule has 1 aliphatic heterocycles. The highest BCUT2D eigenvalue weighted by Gasteiger charge is 2.27. The minimum atomic E-state index is -0.0393. The number of hydrogen-bond donors (Lipinski definition) is 0. The molecule has 5 nitrogen and oxygen atoms in total. The second kappa shape index (κ2) is 6.79. The topological polar surface area (TPSA) is 55.6 Å². The van der Waals surface area contributed by atoms with Crippen molar-refractivity contribution < 1.29 is 13.9 Å². The average Bonchev–Trinajstić information content (AvgIpc) is 3.19. The molecule has 2 aromatic rings. The van der Waals surface area contributed by atoms with Crippen molar-refractivity contribution in [2.75, 3.05) is 13.1 Å². The maximum atomic E-state index is 12.1. The van der Waals surface area contributed by atoms with E-state index in [2.05, 4.69) is 20.9 Å². The van der Waals surface area contributed by atoms with Crippen LogP contribution in [0.1, 0.15) is 12.2 Å². The van der Waals surface area contributed by atoms with E-state index >= 15 is 0 Å². The zero-order chi connectivity index (χ0) is 15.4. The maximum absolute atomic E-state index is 12.1. The Morgan fingerprint density at radius 3 is 3.14 bits per heavy atom. The third kappa shape index (κ3) is 3.57. The van der Waals surface area contributed by atoms with E-state index in [0.717, 1.165) is 10.9 Å².